The van der Waals surface area contributed by atoms with Crippen LogP contribution in [0.1, 0.15) is 46.3 Å². The highest BCUT2D eigenvalue weighted by Gasteiger charge is 2.29. The second-order valence-corrected chi connectivity index (χ2v) is 10.3. The average Bonchev–Trinajstić information content (AvgIpc) is 2.95. The van der Waals surface area contributed by atoms with E-state index in [-0.39, 0.29) is 24.1 Å². The van der Waals surface area contributed by atoms with Gasteiger partial charge in [-0.05, 0) is 66.8 Å². The van der Waals surface area contributed by atoms with Crippen molar-refractivity contribution in [2.45, 2.75) is 37.1 Å². The summed E-state index contributed by atoms with van der Waals surface area (Å²) >= 11 is 1.41. The van der Waals surface area contributed by atoms with Crippen molar-refractivity contribution < 1.29 is 14.0 Å². The third kappa shape index (κ3) is 6.09. The first-order valence-electron chi connectivity index (χ1n) is 12.6. The number of unbranched alkanes of at least 4 members (excludes halogenated alkanes) is 1. The molecule has 6 heteroatoms. The first kappa shape index (κ1) is 25.6. The molecule has 0 N–H and O–H groups in total. The lowest BCUT2D eigenvalue weighted by molar-refractivity contribution is -0.114. The molecule has 1 aliphatic rings. The normalized spacial score (nSPS) is 14.0. The maximum Gasteiger partial charge on any atom is 0.265 e. The molecule has 0 bridgehead atoms. The Hall–Kier alpha value is -4.03. The van der Waals surface area contributed by atoms with E-state index in [0.717, 1.165) is 35.4 Å². The molecule has 4 nitrogen and oxygen atoms in total. The summed E-state index contributed by atoms with van der Waals surface area (Å²) in [5.74, 6) is -0.391. The summed E-state index contributed by atoms with van der Waals surface area (Å²) < 4.78 is 14.4. The van der Waals surface area contributed by atoms with Gasteiger partial charge in [0, 0.05) is 34.8 Å². The van der Waals surface area contributed by atoms with Crippen molar-refractivity contribution in [1.82, 2.24) is 4.98 Å². The van der Waals surface area contributed by atoms with Crippen molar-refractivity contribution in [3.05, 3.63) is 130 Å². The first-order chi connectivity index (χ1) is 18.6. The first-order valence-corrected chi connectivity index (χ1v) is 13.5. The van der Waals surface area contributed by atoms with E-state index in [1.807, 2.05) is 66.7 Å². The summed E-state index contributed by atoms with van der Waals surface area (Å²) in [7, 11) is 0. The van der Waals surface area contributed by atoms with Crippen LogP contribution in [0, 0.1) is 5.82 Å². The lowest BCUT2D eigenvalue weighted by Crippen LogP contribution is -2.34. The van der Waals surface area contributed by atoms with Crippen molar-refractivity contribution in [2.75, 3.05) is 4.90 Å². The minimum Gasteiger partial charge on any atom is -0.302 e. The van der Waals surface area contributed by atoms with Gasteiger partial charge in [-0.25, -0.2) is 4.39 Å². The molecule has 0 atom stereocenters. The number of benzene rings is 3. The van der Waals surface area contributed by atoms with Crippen LogP contribution in [0.4, 0.5) is 10.1 Å². The SMILES string of the molecule is O=C(CCCCc1ccncc1)c1ccc(/C=C2\Sc3ccccc3N(Cc3ccccc3F)C2=O)cc1. The van der Waals surface area contributed by atoms with Gasteiger partial charge in [-0.2, -0.15) is 0 Å². The minimum absolute atomic E-state index is 0.118. The third-order valence-corrected chi connectivity index (χ3v) is 7.59. The van der Waals surface area contributed by atoms with Crippen molar-refractivity contribution in [3.63, 3.8) is 0 Å². The standard InChI is InChI=1S/C32H27FN2O2S/c33-27-9-3-2-8-26(27)22-35-28-10-4-6-12-30(28)38-31(32(35)37)21-24-13-15-25(16-14-24)29(36)11-5-1-7-23-17-19-34-20-18-23/h2-4,6,8-10,12-21H,1,5,7,11,22H2/b31-21-. The molecule has 0 aliphatic carbocycles. The van der Waals surface area contributed by atoms with E-state index < -0.39 is 0 Å². The number of rotatable bonds is 9. The maximum absolute atomic E-state index is 14.4. The molecule has 0 saturated carbocycles. The van der Waals surface area contributed by atoms with Crippen LogP contribution in [0.25, 0.3) is 6.08 Å². The third-order valence-electron chi connectivity index (χ3n) is 6.52. The Morgan fingerprint density at radius 3 is 2.42 bits per heavy atom. The van der Waals surface area contributed by atoms with E-state index in [1.165, 1.54) is 23.4 Å². The average molecular weight is 523 g/mol. The molecule has 38 heavy (non-hydrogen) atoms. The monoisotopic (exact) mass is 522 g/mol. The van der Waals surface area contributed by atoms with Gasteiger partial charge < -0.3 is 4.90 Å². The molecule has 1 aromatic heterocycles. The molecule has 190 valence electrons. The molecule has 4 aromatic rings. The van der Waals surface area contributed by atoms with Gasteiger partial charge in [-0.3, -0.25) is 14.6 Å². The highest BCUT2D eigenvalue weighted by atomic mass is 32.2. The summed E-state index contributed by atoms with van der Waals surface area (Å²) in [6.07, 6.45) is 8.62. The fourth-order valence-corrected chi connectivity index (χ4v) is 5.50. The number of aromatic nitrogens is 1. The lowest BCUT2D eigenvalue weighted by Gasteiger charge is -2.30. The fourth-order valence-electron chi connectivity index (χ4n) is 4.44. The minimum atomic E-state index is -0.334. The number of thioether (sulfide) groups is 1. The van der Waals surface area contributed by atoms with E-state index >= 15 is 0 Å². The number of halogens is 1. The number of ketones is 1. The summed E-state index contributed by atoms with van der Waals surface area (Å²) in [4.78, 5) is 33.3. The number of para-hydroxylation sites is 1. The zero-order valence-corrected chi connectivity index (χ0v) is 21.7. The summed E-state index contributed by atoms with van der Waals surface area (Å²) in [6.45, 7) is 0.148. The molecule has 2 heterocycles. The maximum atomic E-state index is 14.4. The van der Waals surface area contributed by atoms with E-state index in [2.05, 4.69) is 4.98 Å². The van der Waals surface area contributed by atoms with Crippen LogP contribution in [0.15, 0.2) is 107 Å². The number of aryl methyl sites for hydroxylation is 1. The molecular weight excluding hydrogens is 495 g/mol. The Morgan fingerprint density at radius 1 is 0.895 bits per heavy atom. The number of Topliss-reactive ketones (excluding diaryl/α,β-unsaturated/α-hetero) is 1. The fraction of sp³-hybridized carbons (Fsp3) is 0.156. The lowest BCUT2D eigenvalue weighted by atomic mass is 10.0. The Kier molecular flexibility index (Phi) is 8.09. The van der Waals surface area contributed by atoms with Gasteiger partial charge in [-0.15, -0.1) is 0 Å². The second-order valence-electron chi connectivity index (χ2n) is 9.17. The van der Waals surface area contributed by atoms with Crippen LogP contribution < -0.4 is 4.90 Å². The topological polar surface area (TPSA) is 50.3 Å². The highest BCUT2D eigenvalue weighted by Crippen LogP contribution is 2.42. The molecule has 0 unspecified atom stereocenters. The Morgan fingerprint density at radius 2 is 1.63 bits per heavy atom. The van der Waals surface area contributed by atoms with E-state index in [0.29, 0.717) is 22.5 Å². The van der Waals surface area contributed by atoms with E-state index in [1.54, 1.807) is 35.5 Å². The summed E-state index contributed by atoms with van der Waals surface area (Å²) in [5.41, 5.74) is 3.97. The number of carbonyl (C=O) groups is 2. The predicted octanol–water partition coefficient (Wildman–Crippen LogP) is 7.50. The molecule has 0 saturated heterocycles. The van der Waals surface area contributed by atoms with Gasteiger partial charge >= 0.3 is 0 Å². The number of fused-ring (bicyclic) bond motifs is 1. The number of pyridine rings is 1. The number of hydrogen-bond acceptors (Lipinski definition) is 4. The second kappa shape index (κ2) is 12.0. The molecule has 5 rings (SSSR count). The van der Waals surface area contributed by atoms with Crippen molar-refractivity contribution in [3.8, 4) is 0 Å². The van der Waals surface area contributed by atoms with Crippen molar-refractivity contribution in [2.24, 2.45) is 0 Å². The smallest absolute Gasteiger partial charge is 0.265 e. The van der Waals surface area contributed by atoms with Crippen molar-refractivity contribution >= 4 is 35.2 Å². The quantitative estimate of drug-likeness (QED) is 0.130. The van der Waals surface area contributed by atoms with Gasteiger partial charge in [0.2, 0.25) is 0 Å². The van der Waals surface area contributed by atoms with Crippen LogP contribution in [0.3, 0.4) is 0 Å². The van der Waals surface area contributed by atoms with Gasteiger partial charge in [0.05, 0.1) is 17.1 Å². The van der Waals surface area contributed by atoms with Crippen LogP contribution in [0.2, 0.25) is 0 Å². The molecule has 1 amide bonds. The van der Waals surface area contributed by atoms with Crippen LogP contribution in [-0.2, 0) is 17.8 Å². The van der Waals surface area contributed by atoms with Gasteiger partial charge in [0.1, 0.15) is 5.82 Å². The number of nitrogens with zero attached hydrogens (tertiary/aromatic N) is 2. The zero-order chi connectivity index (χ0) is 26.3. The van der Waals surface area contributed by atoms with Crippen LogP contribution >= 0.6 is 11.8 Å². The molecule has 0 spiro atoms. The Balaban J connectivity index is 1.27. The van der Waals surface area contributed by atoms with E-state index in [9.17, 15) is 14.0 Å². The van der Waals surface area contributed by atoms with Gasteiger partial charge in [-0.1, -0.05) is 66.4 Å². The highest BCUT2D eigenvalue weighted by molar-refractivity contribution is 8.04. The molecule has 0 fully saturated rings. The molecule has 0 radical (unpaired) electrons. The number of hydrogen-bond donors (Lipinski definition) is 0. The zero-order valence-electron chi connectivity index (χ0n) is 20.8. The van der Waals surface area contributed by atoms with Crippen LogP contribution in [-0.4, -0.2) is 16.7 Å². The Labute approximate surface area is 226 Å². The van der Waals surface area contributed by atoms with Crippen molar-refractivity contribution in [1.29, 1.82) is 0 Å². The van der Waals surface area contributed by atoms with E-state index in [4.69, 9.17) is 0 Å². The van der Waals surface area contributed by atoms with Crippen LogP contribution in [0.5, 0.6) is 0 Å². The predicted molar refractivity (Wildman–Crippen MR) is 150 cm³/mol. The summed E-state index contributed by atoms with van der Waals surface area (Å²) in [6, 6.07) is 25.6. The number of amides is 1. The molecule has 3 aromatic carbocycles. The van der Waals surface area contributed by atoms with Gasteiger partial charge in [0.15, 0.2) is 5.78 Å². The number of carbonyl (C=O) groups excluding carboxylic acids is 2. The Bertz CT molecular complexity index is 1470. The molecule has 1 aliphatic heterocycles. The number of anilines is 1. The summed E-state index contributed by atoms with van der Waals surface area (Å²) in [5, 5.41) is 0. The van der Waals surface area contributed by atoms with Gasteiger partial charge in [0.25, 0.3) is 5.91 Å². The molecular formula is C32H27FN2O2S. The largest absolute Gasteiger partial charge is 0.302 e.